The highest BCUT2D eigenvalue weighted by molar-refractivity contribution is 6.03. The highest BCUT2D eigenvalue weighted by Gasteiger charge is 2.67. The van der Waals surface area contributed by atoms with Crippen molar-refractivity contribution in [2.75, 3.05) is 56.2 Å². The number of ether oxygens (including phenoxy) is 2. The molecule has 5 rings (SSSR count). The Kier molecular flexibility index (Phi) is 5.94. The first-order chi connectivity index (χ1) is 16.0. The van der Waals surface area contributed by atoms with Crippen LogP contribution in [-0.2, 0) is 23.9 Å². The van der Waals surface area contributed by atoms with Crippen LogP contribution in [0.2, 0.25) is 0 Å². The standard InChI is InChI=1S/C24H30N4O5/c1-16(29)26-17-3-5-18(6-4-17)28-15-24-8-7-19(33-24)20(21(24)23(28)31)22(30)25-9-2-10-27-11-13-32-14-12-27/h3-8,19-21H,2,9-15H2,1H3,(H,25,30)(H,26,29)/t19-,20+,21-,24-/m1/s1. The maximum atomic E-state index is 13.4. The number of amides is 3. The summed E-state index contributed by atoms with van der Waals surface area (Å²) in [7, 11) is 0. The zero-order valence-corrected chi connectivity index (χ0v) is 18.8. The number of nitrogens with zero attached hydrogens (tertiary/aromatic N) is 2. The molecule has 0 saturated carbocycles. The number of rotatable bonds is 7. The smallest absolute Gasteiger partial charge is 0.234 e. The third-order valence-electron chi connectivity index (χ3n) is 6.96. The number of carbonyl (C=O) groups is 3. The Morgan fingerprint density at radius 3 is 2.67 bits per heavy atom. The Balaban J connectivity index is 1.22. The molecule has 0 unspecified atom stereocenters. The van der Waals surface area contributed by atoms with Gasteiger partial charge in [-0.05, 0) is 37.2 Å². The lowest BCUT2D eigenvalue weighted by Gasteiger charge is -2.27. The predicted molar refractivity (Wildman–Crippen MR) is 122 cm³/mol. The van der Waals surface area contributed by atoms with E-state index in [1.165, 1.54) is 6.92 Å². The summed E-state index contributed by atoms with van der Waals surface area (Å²) in [6.07, 6.45) is 4.37. The van der Waals surface area contributed by atoms with Gasteiger partial charge in [-0.2, -0.15) is 0 Å². The Morgan fingerprint density at radius 2 is 1.94 bits per heavy atom. The highest BCUT2D eigenvalue weighted by atomic mass is 16.5. The molecule has 3 amide bonds. The summed E-state index contributed by atoms with van der Waals surface area (Å²) in [4.78, 5) is 41.8. The molecule has 3 fully saturated rings. The third kappa shape index (κ3) is 4.16. The molecule has 9 nitrogen and oxygen atoms in total. The molecule has 2 N–H and O–H groups in total. The second-order valence-electron chi connectivity index (χ2n) is 9.15. The summed E-state index contributed by atoms with van der Waals surface area (Å²) >= 11 is 0. The van der Waals surface area contributed by atoms with Crippen LogP contribution in [0.4, 0.5) is 11.4 Å². The number of benzene rings is 1. The van der Waals surface area contributed by atoms with Crippen LogP contribution >= 0.6 is 0 Å². The second kappa shape index (κ2) is 8.89. The van der Waals surface area contributed by atoms with Gasteiger partial charge in [-0.3, -0.25) is 19.3 Å². The average Bonchev–Trinajstić information content (AvgIpc) is 3.46. The van der Waals surface area contributed by atoms with Gasteiger partial charge in [-0.1, -0.05) is 12.2 Å². The number of hydrogen-bond acceptors (Lipinski definition) is 6. The number of anilines is 2. The van der Waals surface area contributed by atoms with Crippen molar-refractivity contribution < 1.29 is 23.9 Å². The number of carbonyl (C=O) groups excluding carboxylic acids is 3. The van der Waals surface area contributed by atoms with Crippen LogP contribution < -0.4 is 15.5 Å². The summed E-state index contributed by atoms with van der Waals surface area (Å²) < 4.78 is 11.6. The van der Waals surface area contributed by atoms with Gasteiger partial charge in [0.1, 0.15) is 5.60 Å². The van der Waals surface area contributed by atoms with Gasteiger partial charge in [0, 0.05) is 37.9 Å². The SMILES string of the molecule is CC(=O)Nc1ccc(N2C[C@@]34C=C[C@@H](O3)[C@H](C(=O)NCCCN3CCOCC3)[C@@H]4C2=O)cc1. The van der Waals surface area contributed by atoms with E-state index >= 15 is 0 Å². The van der Waals surface area contributed by atoms with E-state index in [0.717, 1.165) is 45.0 Å². The Hall–Kier alpha value is -2.75. The summed E-state index contributed by atoms with van der Waals surface area (Å²) in [5, 5.41) is 5.76. The number of morpholine rings is 1. The lowest BCUT2D eigenvalue weighted by molar-refractivity contribution is -0.131. The quantitative estimate of drug-likeness (QED) is 0.466. The first-order valence-electron chi connectivity index (χ1n) is 11.6. The molecule has 1 spiro atoms. The molecule has 9 heteroatoms. The second-order valence-corrected chi connectivity index (χ2v) is 9.15. The largest absolute Gasteiger partial charge is 0.379 e. The van der Waals surface area contributed by atoms with Crippen molar-refractivity contribution in [3.8, 4) is 0 Å². The van der Waals surface area contributed by atoms with Gasteiger partial charge in [-0.25, -0.2) is 0 Å². The molecule has 0 aliphatic carbocycles. The van der Waals surface area contributed by atoms with Gasteiger partial charge in [-0.15, -0.1) is 0 Å². The Labute approximate surface area is 193 Å². The fourth-order valence-corrected chi connectivity index (χ4v) is 5.40. The van der Waals surface area contributed by atoms with Gasteiger partial charge in [0.15, 0.2) is 0 Å². The molecule has 4 aliphatic rings. The lowest BCUT2D eigenvalue weighted by Crippen LogP contribution is -2.45. The summed E-state index contributed by atoms with van der Waals surface area (Å²) in [5.74, 6) is -1.41. The van der Waals surface area contributed by atoms with E-state index in [2.05, 4.69) is 15.5 Å². The van der Waals surface area contributed by atoms with E-state index in [0.29, 0.717) is 18.8 Å². The van der Waals surface area contributed by atoms with Gasteiger partial charge in [0.25, 0.3) is 0 Å². The lowest BCUT2D eigenvalue weighted by atomic mass is 9.77. The van der Waals surface area contributed by atoms with E-state index in [-0.39, 0.29) is 23.8 Å². The van der Waals surface area contributed by atoms with E-state index in [1.807, 2.05) is 12.2 Å². The minimum atomic E-state index is -0.756. The summed E-state index contributed by atoms with van der Waals surface area (Å²) in [6.45, 7) is 6.70. The molecule has 0 radical (unpaired) electrons. The van der Waals surface area contributed by atoms with Crippen LogP contribution in [0.25, 0.3) is 0 Å². The van der Waals surface area contributed by atoms with E-state index in [9.17, 15) is 14.4 Å². The fraction of sp³-hybridized carbons (Fsp3) is 0.542. The highest BCUT2D eigenvalue weighted by Crippen LogP contribution is 2.52. The summed E-state index contributed by atoms with van der Waals surface area (Å²) in [6, 6.07) is 7.14. The van der Waals surface area contributed by atoms with Crippen LogP contribution in [0.15, 0.2) is 36.4 Å². The van der Waals surface area contributed by atoms with Gasteiger partial charge in [0.05, 0.1) is 37.7 Å². The fourth-order valence-electron chi connectivity index (χ4n) is 5.40. The monoisotopic (exact) mass is 454 g/mol. The first kappa shape index (κ1) is 22.1. The van der Waals surface area contributed by atoms with Crippen molar-refractivity contribution in [2.45, 2.75) is 25.0 Å². The van der Waals surface area contributed by atoms with Gasteiger partial charge < -0.3 is 25.0 Å². The topological polar surface area (TPSA) is 100 Å². The average molecular weight is 455 g/mol. The van der Waals surface area contributed by atoms with Crippen LogP contribution in [0, 0.1) is 11.8 Å². The molecule has 0 aromatic heterocycles. The number of nitrogens with one attached hydrogen (secondary N) is 2. The van der Waals surface area contributed by atoms with Crippen molar-refractivity contribution in [1.29, 1.82) is 0 Å². The number of fused-ring (bicyclic) bond motifs is 1. The van der Waals surface area contributed by atoms with Gasteiger partial charge >= 0.3 is 0 Å². The third-order valence-corrected chi connectivity index (χ3v) is 6.96. The maximum Gasteiger partial charge on any atom is 0.234 e. The van der Waals surface area contributed by atoms with Crippen LogP contribution in [0.1, 0.15) is 13.3 Å². The van der Waals surface area contributed by atoms with Crippen molar-refractivity contribution in [3.63, 3.8) is 0 Å². The minimum absolute atomic E-state index is 0.0948. The van der Waals surface area contributed by atoms with E-state index < -0.39 is 17.4 Å². The van der Waals surface area contributed by atoms with Crippen molar-refractivity contribution in [2.24, 2.45) is 11.8 Å². The minimum Gasteiger partial charge on any atom is -0.379 e. The van der Waals surface area contributed by atoms with Crippen molar-refractivity contribution >= 4 is 29.1 Å². The van der Waals surface area contributed by atoms with Crippen molar-refractivity contribution in [3.05, 3.63) is 36.4 Å². The van der Waals surface area contributed by atoms with E-state index in [1.54, 1.807) is 29.2 Å². The summed E-state index contributed by atoms with van der Waals surface area (Å²) in [5.41, 5.74) is 0.638. The molecule has 4 heterocycles. The molecule has 33 heavy (non-hydrogen) atoms. The molecule has 4 atom stereocenters. The van der Waals surface area contributed by atoms with Gasteiger partial charge in [0.2, 0.25) is 17.7 Å². The van der Waals surface area contributed by atoms with Crippen molar-refractivity contribution in [1.82, 2.24) is 10.2 Å². The van der Waals surface area contributed by atoms with Crippen LogP contribution in [-0.4, -0.2) is 80.3 Å². The van der Waals surface area contributed by atoms with Crippen LogP contribution in [0.3, 0.4) is 0 Å². The Morgan fingerprint density at radius 1 is 1.18 bits per heavy atom. The van der Waals surface area contributed by atoms with E-state index in [4.69, 9.17) is 9.47 Å². The zero-order valence-electron chi connectivity index (χ0n) is 18.8. The molecule has 1 aromatic rings. The molecule has 4 aliphatic heterocycles. The predicted octanol–water partition coefficient (Wildman–Crippen LogP) is 0.770. The molecular formula is C24H30N4O5. The zero-order chi connectivity index (χ0) is 23.0. The molecule has 2 bridgehead atoms. The van der Waals surface area contributed by atoms with Crippen LogP contribution in [0.5, 0.6) is 0 Å². The first-order valence-corrected chi connectivity index (χ1v) is 11.6. The maximum absolute atomic E-state index is 13.4. The molecule has 1 aromatic carbocycles. The number of hydrogen-bond donors (Lipinski definition) is 2. The normalized spacial score (nSPS) is 30.5. The molecule has 176 valence electrons. The Bertz CT molecular complexity index is 958. The molecular weight excluding hydrogens is 424 g/mol. The molecule has 3 saturated heterocycles.